The summed E-state index contributed by atoms with van der Waals surface area (Å²) >= 11 is 1.81. The highest BCUT2D eigenvalue weighted by Gasteiger charge is 2.14. The summed E-state index contributed by atoms with van der Waals surface area (Å²) in [5.74, 6) is 2.81. The van der Waals surface area contributed by atoms with Gasteiger partial charge in [0.05, 0.1) is 0 Å². The van der Waals surface area contributed by atoms with E-state index in [-0.39, 0.29) is 0 Å². The molecule has 0 aromatic carbocycles. The van der Waals surface area contributed by atoms with Crippen LogP contribution in [0.3, 0.4) is 0 Å². The number of hydrogen-bond donors (Lipinski definition) is 2. The summed E-state index contributed by atoms with van der Waals surface area (Å²) in [4.78, 5) is 8.31. The average Bonchev–Trinajstić information content (AvgIpc) is 2.17. The minimum Gasteiger partial charge on any atom is -0.383 e. The van der Waals surface area contributed by atoms with Gasteiger partial charge < -0.3 is 11.1 Å². The third-order valence-corrected chi connectivity index (χ3v) is 3.13. The fourth-order valence-corrected chi connectivity index (χ4v) is 2.20. The van der Waals surface area contributed by atoms with Crippen LogP contribution in [0.1, 0.15) is 32.3 Å². The lowest BCUT2D eigenvalue weighted by molar-refractivity contribution is 0.831. The van der Waals surface area contributed by atoms with Crippen molar-refractivity contribution in [3.8, 4) is 0 Å². The van der Waals surface area contributed by atoms with E-state index in [0.29, 0.717) is 17.8 Å². The number of nitrogen functional groups attached to an aromatic ring is 1. The number of nitrogens with two attached hydrogens (primary N) is 1. The van der Waals surface area contributed by atoms with Crippen LogP contribution in [0.4, 0.5) is 11.6 Å². The molecule has 1 heterocycles. The largest absolute Gasteiger partial charge is 0.383 e. The van der Waals surface area contributed by atoms with Crippen molar-refractivity contribution in [2.24, 2.45) is 0 Å². The van der Waals surface area contributed by atoms with Crippen molar-refractivity contribution >= 4 is 23.4 Å². The highest BCUT2D eigenvalue weighted by atomic mass is 32.2. The predicted octanol–water partition coefficient (Wildman–Crippen LogP) is 2.35. The van der Waals surface area contributed by atoms with Gasteiger partial charge in [0.15, 0.2) is 0 Å². The Morgan fingerprint density at radius 1 is 1.38 bits per heavy atom. The second-order valence-electron chi connectivity index (χ2n) is 4.18. The number of anilines is 2. The van der Waals surface area contributed by atoms with Crippen molar-refractivity contribution in [2.45, 2.75) is 32.7 Å². The molecule has 0 spiro atoms. The zero-order valence-corrected chi connectivity index (χ0v) is 11.1. The van der Waals surface area contributed by atoms with Gasteiger partial charge in [0.2, 0.25) is 0 Å². The Balaban J connectivity index is 2.90. The molecule has 5 heteroatoms. The molecule has 1 aromatic rings. The van der Waals surface area contributed by atoms with Crippen LogP contribution < -0.4 is 11.1 Å². The van der Waals surface area contributed by atoms with Gasteiger partial charge in [-0.15, -0.1) is 0 Å². The van der Waals surface area contributed by atoms with E-state index < -0.39 is 0 Å². The predicted molar refractivity (Wildman–Crippen MR) is 72.0 cm³/mol. The van der Waals surface area contributed by atoms with E-state index in [1.807, 2.05) is 11.8 Å². The Morgan fingerprint density at radius 3 is 2.62 bits per heavy atom. The molecule has 0 aliphatic rings. The van der Waals surface area contributed by atoms with Crippen LogP contribution in [0.25, 0.3) is 0 Å². The zero-order valence-electron chi connectivity index (χ0n) is 10.3. The van der Waals surface area contributed by atoms with Crippen LogP contribution in [-0.4, -0.2) is 28.0 Å². The summed E-state index contributed by atoms with van der Waals surface area (Å²) in [7, 11) is 0. The second-order valence-corrected chi connectivity index (χ2v) is 5.09. The smallest absolute Gasteiger partial charge is 0.135 e. The van der Waals surface area contributed by atoms with E-state index >= 15 is 0 Å². The molecule has 1 aromatic heterocycles. The van der Waals surface area contributed by atoms with Crippen molar-refractivity contribution in [2.75, 3.05) is 23.1 Å². The first kappa shape index (κ1) is 13.1. The van der Waals surface area contributed by atoms with Gasteiger partial charge in [0, 0.05) is 17.4 Å². The lowest BCUT2D eigenvalue weighted by Crippen LogP contribution is -2.20. The van der Waals surface area contributed by atoms with E-state index in [4.69, 9.17) is 5.73 Å². The van der Waals surface area contributed by atoms with Crippen molar-refractivity contribution in [1.82, 2.24) is 9.97 Å². The lowest BCUT2D eigenvalue weighted by atomic mass is 10.0. The molecule has 0 saturated carbocycles. The number of hydrogen-bond acceptors (Lipinski definition) is 5. The monoisotopic (exact) mass is 240 g/mol. The average molecular weight is 240 g/mol. The Bertz CT molecular complexity index is 341. The SMILES string of the molecule is CSCC(C)Nc1ncnc(N)c1C(C)C. The normalized spacial score (nSPS) is 12.8. The molecule has 1 atom stereocenters. The molecular weight excluding hydrogens is 220 g/mol. The quantitative estimate of drug-likeness (QED) is 0.827. The van der Waals surface area contributed by atoms with Crippen molar-refractivity contribution in [3.05, 3.63) is 11.9 Å². The molecule has 0 saturated heterocycles. The molecule has 90 valence electrons. The van der Waals surface area contributed by atoms with Crippen LogP contribution in [0, 0.1) is 0 Å². The summed E-state index contributed by atoms with van der Waals surface area (Å²) < 4.78 is 0. The fourth-order valence-electron chi connectivity index (χ4n) is 1.62. The Morgan fingerprint density at radius 2 is 2.06 bits per heavy atom. The number of nitrogens with one attached hydrogen (secondary N) is 1. The molecule has 0 fully saturated rings. The molecule has 0 amide bonds. The number of thioether (sulfide) groups is 1. The summed E-state index contributed by atoms with van der Waals surface area (Å²) in [6.45, 7) is 6.33. The van der Waals surface area contributed by atoms with E-state index in [9.17, 15) is 0 Å². The maximum Gasteiger partial charge on any atom is 0.135 e. The maximum absolute atomic E-state index is 5.88. The Labute approximate surface area is 101 Å². The topological polar surface area (TPSA) is 63.8 Å². The van der Waals surface area contributed by atoms with E-state index in [2.05, 4.69) is 42.3 Å². The third kappa shape index (κ3) is 3.27. The maximum atomic E-state index is 5.88. The minimum absolute atomic E-state index is 0.324. The van der Waals surface area contributed by atoms with Gasteiger partial charge >= 0.3 is 0 Å². The Kier molecular flexibility index (Phi) is 4.86. The molecule has 16 heavy (non-hydrogen) atoms. The molecule has 0 bridgehead atoms. The molecule has 0 aliphatic carbocycles. The summed E-state index contributed by atoms with van der Waals surface area (Å²) in [5, 5.41) is 3.38. The highest BCUT2D eigenvalue weighted by Crippen LogP contribution is 2.26. The number of nitrogens with zero attached hydrogens (tertiary/aromatic N) is 2. The first-order chi connectivity index (χ1) is 7.56. The molecule has 4 nitrogen and oxygen atoms in total. The third-order valence-electron chi connectivity index (χ3n) is 2.29. The fraction of sp³-hybridized carbons (Fsp3) is 0.636. The van der Waals surface area contributed by atoms with Gasteiger partial charge in [-0.2, -0.15) is 11.8 Å². The summed E-state index contributed by atoms with van der Waals surface area (Å²) in [5.41, 5.74) is 6.89. The molecule has 0 radical (unpaired) electrons. The van der Waals surface area contributed by atoms with Crippen molar-refractivity contribution < 1.29 is 0 Å². The van der Waals surface area contributed by atoms with E-state index in [1.54, 1.807) is 0 Å². The number of aromatic nitrogens is 2. The van der Waals surface area contributed by atoms with Crippen LogP contribution in [0.2, 0.25) is 0 Å². The Hall–Kier alpha value is -0.970. The minimum atomic E-state index is 0.324. The van der Waals surface area contributed by atoms with Gasteiger partial charge in [-0.1, -0.05) is 13.8 Å². The van der Waals surface area contributed by atoms with Crippen LogP contribution in [0.5, 0.6) is 0 Å². The van der Waals surface area contributed by atoms with Crippen molar-refractivity contribution in [3.63, 3.8) is 0 Å². The lowest BCUT2D eigenvalue weighted by Gasteiger charge is -2.18. The van der Waals surface area contributed by atoms with Crippen LogP contribution in [0.15, 0.2) is 6.33 Å². The van der Waals surface area contributed by atoms with Gasteiger partial charge in [0.1, 0.15) is 18.0 Å². The molecule has 1 rings (SSSR count). The van der Waals surface area contributed by atoms with Crippen LogP contribution >= 0.6 is 11.8 Å². The van der Waals surface area contributed by atoms with Gasteiger partial charge in [0.25, 0.3) is 0 Å². The van der Waals surface area contributed by atoms with Crippen molar-refractivity contribution in [1.29, 1.82) is 0 Å². The molecule has 3 N–H and O–H groups in total. The van der Waals surface area contributed by atoms with Gasteiger partial charge in [-0.3, -0.25) is 0 Å². The summed E-state index contributed by atoms with van der Waals surface area (Å²) in [6, 6.07) is 0.377. The van der Waals surface area contributed by atoms with Gasteiger partial charge in [-0.25, -0.2) is 9.97 Å². The van der Waals surface area contributed by atoms with Crippen LogP contribution in [-0.2, 0) is 0 Å². The number of rotatable bonds is 5. The standard InChI is InChI=1S/C11H20N4S/c1-7(2)9-10(12)13-6-14-11(9)15-8(3)5-16-4/h6-8H,5H2,1-4H3,(H3,12,13,14,15). The highest BCUT2D eigenvalue weighted by molar-refractivity contribution is 7.98. The zero-order chi connectivity index (χ0) is 12.1. The molecule has 1 unspecified atom stereocenters. The van der Waals surface area contributed by atoms with Gasteiger partial charge in [-0.05, 0) is 19.1 Å². The molecular formula is C11H20N4S. The first-order valence-electron chi connectivity index (χ1n) is 5.42. The molecule has 0 aliphatic heterocycles. The first-order valence-corrected chi connectivity index (χ1v) is 6.81. The van der Waals surface area contributed by atoms with E-state index in [0.717, 1.165) is 17.1 Å². The summed E-state index contributed by atoms with van der Waals surface area (Å²) in [6.07, 6.45) is 3.60. The second kappa shape index (κ2) is 5.94. The van der Waals surface area contributed by atoms with E-state index in [1.165, 1.54) is 6.33 Å².